The fraction of sp³-hybridized carbons (Fsp3) is 0.550. The van der Waals surface area contributed by atoms with E-state index in [-0.39, 0.29) is 23.8 Å². The highest BCUT2D eigenvalue weighted by Crippen LogP contribution is 2.46. The van der Waals surface area contributed by atoms with E-state index in [1.807, 2.05) is 19.1 Å². The highest BCUT2D eigenvalue weighted by atomic mass is 16.2. The number of carbonyl (C=O) groups excluding carboxylic acids is 3. The summed E-state index contributed by atoms with van der Waals surface area (Å²) >= 11 is 0. The summed E-state index contributed by atoms with van der Waals surface area (Å²) in [6.07, 6.45) is 2.24. The van der Waals surface area contributed by atoms with Crippen LogP contribution < -0.4 is 10.6 Å². The zero-order valence-corrected chi connectivity index (χ0v) is 15.9. The lowest BCUT2D eigenvalue weighted by Gasteiger charge is -2.43. The van der Waals surface area contributed by atoms with Gasteiger partial charge in [-0.2, -0.15) is 0 Å². The Labute approximate surface area is 154 Å². The van der Waals surface area contributed by atoms with Crippen LogP contribution in [0.3, 0.4) is 0 Å². The van der Waals surface area contributed by atoms with Gasteiger partial charge in [0.1, 0.15) is 12.1 Å². The maximum absolute atomic E-state index is 13.0. The smallest absolute Gasteiger partial charge is 0.325 e. The topological polar surface area (TPSA) is 78.5 Å². The van der Waals surface area contributed by atoms with Crippen molar-refractivity contribution < 1.29 is 14.4 Å². The third kappa shape index (κ3) is 3.59. The first-order chi connectivity index (χ1) is 12.1. The summed E-state index contributed by atoms with van der Waals surface area (Å²) < 4.78 is 0. The maximum atomic E-state index is 13.0. The normalized spacial score (nSPS) is 27.5. The standard InChI is InChI=1S/C20H27N3O3/c1-13-5-7-15(8-6-13)21-16(24)11-23-17(25)20(22-18(23)26)10-14(2)9-19(3,4)12-20/h5-8,14H,9-12H2,1-4H3,(H,21,24)(H,22,26)/t14-,20+/m1/s1. The highest BCUT2D eigenvalue weighted by Gasteiger charge is 2.56. The fourth-order valence-electron chi connectivity index (χ4n) is 4.63. The summed E-state index contributed by atoms with van der Waals surface area (Å²) in [5.74, 6) is -0.317. The van der Waals surface area contributed by atoms with Gasteiger partial charge in [0.2, 0.25) is 5.91 Å². The number of benzene rings is 1. The second kappa shape index (κ2) is 6.41. The van der Waals surface area contributed by atoms with Gasteiger partial charge in [-0.15, -0.1) is 0 Å². The van der Waals surface area contributed by atoms with Gasteiger partial charge in [0.25, 0.3) is 5.91 Å². The average Bonchev–Trinajstić information content (AvgIpc) is 2.71. The predicted molar refractivity (Wildman–Crippen MR) is 99.6 cm³/mol. The SMILES string of the molecule is Cc1ccc(NC(=O)CN2C(=O)N[C@]3(C[C@H](C)CC(C)(C)C3)C2=O)cc1. The van der Waals surface area contributed by atoms with E-state index in [2.05, 4.69) is 31.4 Å². The third-order valence-corrected chi connectivity index (χ3v) is 5.26. The third-order valence-electron chi connectivity index (χ3n) is 5.26. The lowest BCUT2D eigenvalue weighted by Crippen LogP contribution is -2.54. The molecule has 1 aliphatic heterocycles. The lowest BCUT2D eigenvalue weighted by atomic mass is 9.64. The van der Waals surface area contributed by atoms with Crippen LogP contribution in [0.2, 0.25) is 0 Å². The lowest BCUT2D eigenvalue weighted by molar-refractivity contribution is -0.136. The van der Waals surface area contributed by atoms with Gasteiger partial charge in [0.15, 0.2) is 0 Å². The van der Waals surface area contributed by atoms with Crippen molar-refractivity contribution in [2.75, 3.05) is 11.9 Å². The first-order valence-corrected chi connectivity index (χ1v) is 9.11. The number of rotatable bonds is 3. The Morgan fingerprint density at radius 1 is 1.23 bits per heavy atom. The molecule has 0 aromatic heterocycles. The summed E-state index contributed by atoms with van der Waals surface area (Å²) in [6.45, 7) is 8.04. The van der Waals surface area contributed by atoms with Crippen LogP contribution >= 0.6 is 0 Å². The Balaban J connectivity index is 1.71. The van der Waals surface area contributed by atoms with E-state index in [1.165, 1.54) is 0 Å². The number of nitrogens with zero attached hydrogens (tertiary/aromatic N) is 1. The maximum Gasteiger partial charge on any atom is 0.325 e. The number of imide groups is 1. The Morgan fingerprint density at radius 3 is 2.50 bits per heavy atom. The number of aryl methyl sites for hydroxylation is 1. The molecular weight excluding hydrogens is 330 g/mol. The Bertz CT molecular complexity index is 741. The van der Waals surface area contributed by atoms with Crippen LogP contribution in [0, 0.1) is 18.3 Å². The summed E-state index contributed by atoms with van der Waals surface area (Å²) in [4.78, 5) is 38.8. The zero-order valence-electron chi connectivity index (χ0n) is 15.9. The van der Waals surface area contributed by atoms with Crippen molar-refractivity contribution in [1.29, 1.82) is 0 Å². The molecule has 4 amide bonds. The molecule has 3 rings (SSSR count). The second-order valence-corrected chi connectivity index (χ2v) is 8.67. The monoisotopic (exact) mass is 357 g/mol. The molecule has 140 valence electrons. The molecule has 0 radical (unpaired) electrons. The molecule has 26 heavy (non-hydrogen) atoms. The number of carbonyl (C=O) groups is 3. The minimum atomic E-state index is -0.873. The van der Waals surface area contributed by atoms with Gasteiger partial charge in [-0.05, 0) is 49.7 Å². The number of amides is 4. The van der Waals surface area contributed by atoms with Crippen LogP contribution in [-0.4, -0.2) is 34.8 Å². The average molecular weight is 357 g/mol. The van der Waals surface area contributed by atoms with Crippen molar-refractivity contribution in [2.24, 2.45) is 11.3 Å². The first kappa shape index (κ1) is 18.4. The van der Waals surface area contributed by atoms with Gasteiger partial charge in [-0.3, -0.25) is 14.5 Å². The van der Waals surface area contributed by atoms with Gasteiger partial charge in [0, 0.05) is 5.69 Å². The molecule has 1 saturated heterocycles. The van der Waals surface area contributed by atoms with Crippen molar-refractivity contribution in [3.63, 3.8) is 0 Å². The van der Waals surface area contributed by atoms with Gasteiger partial charge in [-0.1, -0.05) is 38.5 Å². The van der Waals surface area contributed by atoms with E-state index in [4.69, 9.17) is 0 Å². The van der Waals surface area contributed by atoms with Gasteiger partial charge in [0.05, 0.1) is 0 Å². The Kier molecular flexibility index (Phi) is 4.54. The molecule has 2 N–H and O–H groups in total. The number of hydrogen-bond acceptors (Lipinski definition) is 3. The molecule has 1 aromatic rings. The minimum absolute atomic E-state index is 0.0270. The van der Waals surface area contributed by atoms with Crippen LogP contribution in [0.5, 0.6) is 0 Å². The Hall–Kier alpha value is -2.37. The van der Waals surface area contributed by atoms with Gasteiger partial charge >= 0.3 is 6.03 Å². The number of urea groups is 1. The summed E-state index contributed by atoms with van der Waals surface area (Å²) in [6, 6.07) is 6.91. The molecule has 0 unspecified atom stereocenters. The van der Waals surface area contributed by atoms with Crippen molar-refractivity contribution in [3.8, 4) is 0 Å². The molecule has 6 heteroatoms. The van der Waals surface area contributed by atoms with E-state index in [1.54, 1.807) is 12.1 Å². The molecule has 1 aromatic carbocycles. The van der Waals surface area contributed by atoms with Crippen molar-refractivity contribution in [2.45, 2.75) is 52.5 Å². The molecule has 1 heterocycles. The molecule has 2 aliphatic rings. The Morgan fingerprint density at radius 2 is 1.88 bits per heavy atom. The molecule has 1 spiro atoms. The molecule has 1 aliphatic carbocycles. The quantitative estimate of drug-likeness (QED) is 0.816. The highest BCUT2D eigenvalue weighted by molar-refractivity contribution is 6.10. The largest absolute Gasteiger partial charge is 0.325 e. The molecule has 2 fully saturated rings. The van der Waals surface area contributed by atoms with Crippen molar-refractivity contribution >= 4 is 23.5 Å². The predicted octanol–water partition coefficient (Wildman–Crippen LogP) is 3.07. The van der Waals surface area contributed by atoms with Crippen LogP contribution in [0.4, 0.5) is 10.5 Å². The molecule has 0 bridgehead atoms. The molecule has 6 nitrogen and oxygen atoms in total. The number of hydrogen-bond donors (Lipinski definition) is 2. The van der Waals surface area contributed by atoms with Crippen molar-refractivity contribution in [1.82, 2.24) is 10.2 Å². The van der Waals surface area contributed by atoms with E-state index in [0.29, 0.717) is 24.4 Å². The van der Waals surface area contributed by atoms with E-state index >= 15 is 0 Å². The fourth-order valence-corrected chi connectivity index (χ4v) is 4.63. The van der Waals surface area contributed by atoms with Crippen LogP contribution in [0.1, 0.15) is 45.6 Å². The first-order valence-electron chi connectivity index (χ1n) is 9.11. The number of anilines is 1. The van der Waals surface area contributed by atoms with E-state index in [0.717, 1.165) is 16.9 Å². The summed E-state index contributed by atoms with van der Waals surface area (Å²) in [5.41, 5.74) is 0.839. The molecular formula is C20H27N3O3. The van der Waals surface area contributed by atoms with Gasteiger partial charge in [-0.25, -0.2) is 4.79 Å². The second-order valence-electron chi connectivity index (χ2n) is 8.67. The van der Waals surface area contributed by atoms with Crippen molar-refractivity contribution in [3.05, 3.63) is 29.8 Å². The van der Waals surface area contributed by atoms with Gasteiger partial charge < -0.3 is 10.6 Å². The number of nitrogens with one attached hydrogen (secondary N) is 2. The molecule has 1 saturated carbocycles. The summed E-state index contributed by atoms with van der Waals surface area (Å²) in [5, 5.41) is 5.63. The summed E-state index contributed by atoms with van der Waals surface area (Å²) in [7, 11) is 0. The molecule has 2 atom stereocenters. The van der Waals surface area contributed by atoms with Crippen LogP contribution in [-0.2, 0) is 9.59 Å². The minimum Gasteiger partial charge on any atom is -0.325 e. The van der Waals surface area contributed by atoms with E-state index < -0.39 is 11.6 Å². The zero-order chi connectivity index (χ0) is 19.1. The van der Waals surface area contributed by atoms with E-state index in [9.17, 15) is 14.4 Å². The van der Waals surface area contributed by atoms with Crippen LogP contribution in [0.15, 0.2) is 24.3 Å². The van der Waals surface area contributed by atoms with Crippen LogP contribution in [0.25, 0.3) is 0 Å².